The molecule has 1 heterocycles. The van der Waals surface area contributed by atoms with Crippen LogP contribution in [0.15, 0.2) is 29.2 Å². The van der Waals surface area contributed by atoms with Crippen molar-refractivity contribution >= 4 is 23.4 Å². The normalized spacial score (nSPS) is 14.3. The van der Waals surface area contributed by atoms with Crippen LogP contribution >= 0.6 is 23.4 Å². The second-order valence-electron chi connectivity index (χ2n) is 4.85. The molecule has 1 aliphatic rings. The van der Waals surface area contributed by atoms with Crippen LogP contribution in [0, 0.1) is 6.92 Å². The fourth-order valence-electron chi connectivity index (χ4n) is 1.86. The number of hydrogen-bond acceptors (Lipinski definition) is 4. The van der Waals surface area contributed by atoms with Crippen molar-refractivity contribution in [3.63, 3.8) is 0 Å². The van der Waals surface area contributed by atoms with Gasteiger partial charge in [0.25, 0.3) is 0 Å². The van der Waals surface area contributed by atoms with Crippen molar-refractivity contribution in [1.82, 2.24) is 9.97 Å². The van der Waals surface area contributed by atoms with Crippen molar-refractivity contribution in [3.8, 4) is 11.6 Å². The van der Waals surface area contributed by atoms with Gasteiger partial charge in [-0.25, -0.2) is 4.98 Å². The van der Waals surface area contributed by atoms with Gasteiger partial charge in [-0.3, -0.25) is 0 Å². The molecule has 0 amide bonds. The van der Waals surface area contributed by atoms with Gasteiger partial charge in [0.1, 0.15) is 16.7 Å². The Bertz CT molecular complexity index is 627. The van der Waals surface area contributed by atoms with Crippen LogP contribution in [0.1, 0.15) is 30.1 Å². The highest BCUT2D eigenvalue weighted by molar-refractivity contribution is 7.98. The quantitative estimate of drug-likeness (QED) is 0.598. The standard InChI is InChI=1S/C15H15ClN2OS/c1-9-13(16)17-14(10-3-4-10)18-15(9)19-11-5-7-12(20-2)8-6-11/h5-8,10H,3-4H2,1-2H3. The number of aromatic nitrogens is 2. The van der Waals surface area contributed by atoms with Gasteiger partial charge in [0, 0.05) is 16.4 Å². The molecule has 0 bridgehead atoms. The average molecular weight is 307 g/mol. The Balaban J connectivity index is 1.88. The third kappa shape index (κ3) is 2.91. The Hall–Kier alpha value is -1.26. The summed E-state index contributed by atoms with van der Waals surface area (Å²) in [5, 5.41) is 0.484. The highest BCUT2D eigenvalue weighted by atomic mass is 35.5. The molecule has 3 nitrogen and oxygen atoms in total. The first-order chi connectivity index (χ1) is 9.67. The zero-order valence-corrected chi connectivity index (χ0v) is 13.0. The molecule has 0 aliphatic heterocycles. The Labute approximate surface area is 127 Å². The highest BCUT2D eigenvalue weighted by Crippen LogP contribution is 2.40. The molecule has 0 unspecified atom stereocenters. The van der Waals surface area contributed by atoms with E-state index < -0.39 is 0 Å². The lowest BCUT2D eigenvalue weighted by Gasteiger charge is -2.10. The Morgan fingerprint density at radius 2 is 1.90 bits per heavy atom. The van der Waals surface area contributed by atoms with Gasteiger partial charge in [0.2, 0.25) is 5.88 Å². The summed E-state index contributed by atoms with van der Waals surface area (Å²) in [6.07, 6.45) is 4.33. The van der Waals surface area contributed by atoms with E-state index in [2.05, 4.69) is 9.97 Å². The van der Waals surface area contributed by atoms with Gasteiger partial charge in [-0.05, 0) is 50.3 Å². The first-order valence-corrected chi connectivity index (χ1v) is 8.13. The van der Waals surface area contributed by atoms with E-state index in [-0.39, 0.29) is 0 Å². The first-order valence-electron chi connectivity index (χ1n) is 6.53. The summed E-state index contributed by atoms with van der Waals surface area (Å²) in [6.45, 7) is 1.88. The molecule has 0 saturated heterocycles. The van der Waals surface area contributed by atoms with Crippen LogP contribution in [-0.4, -0.2) is 16.2 Å². The molecule has 104 valence electrons. The van der Waals surface area contributed by atoms with E-state index in [9.17, 15) is 0 Å². The first kappa shape index (κ1) is 13.7. The second-order valence-corrected chi connectivity index (χ2v) is 6.09. The minimum absolute atomic E-state index is 0.453. The summed E-state index contributed by atoms with van der Waals surface area (Å²) in [5.41, 5.74) is 0.782. The molecular weight excluding hydrogens is 292 g/mol. The van der Waals surface area contributed by atoms with Crippen LogP contribution < -0.4 is 4.74 Å². The minimum Gasteiger partial charge on any atom is -0.439 e. The molecular formula is C15H15ClN2OS. The van der Waals surface area contributed by atoms with Gasteiger partial charge in [0.15, 0.2) is 0 Å². The van der Waals surface area contributed by atoms with Gasteiger partial charge in [-0.1, -0.05) is 11.6 Å². The van der Waals surface area contributed by atoms with E-state index in [1.54, 1.807) is 11.8 Å². The molecule has 0 radical (unpaired) electrons. The lowest BCUT2D eigenvalue weighted by Crippen LogP contribution is -2.00. The molecule has 1 saturated carbocycles. The summed E-state index contributed by atoms with van der Waals surface area (Å²) in [4.78, 5) is 10.0. The van der Waals surface area contributed by atoms with Crippen LogP contribution in [0.5, 0.6) is 11.6 Å². The molecule has 3 rings (SSSR count). The molecule has 1 aromatic carbocycles. The van der Waals surface area contributed by atoms with E-state index in [4.69, 9.17) is 16.3 Å². The summed E-state index contributed by atoms with van der Waals surface area (Å²) in [5.74, 6) is 2.58. The number of ether oxygens (including phenoxy) is 1. The number of benzene rings is 1. The molecule has 2 aromatic rings. The van der Waals surface area contributed by atoms with Gasteiger partial charge >= 0.3 is 0 Å². The van der Waals surface area contributed by atoms with Crippen LogP contribution in [0.3, 0.4) is 0 Å². The van der Waals surface area contributed by atoms with Gasteiger partial charge in [0.05, 0.1) is 0 Å². The maximum Gasteiger partial charge on any atom is 0.226 e. The fraction of sp³-hybridized carbons (Fsp3) is 0.333. The van der Waals surface area contributed by atoms with E-state index in [1.165, 1.54) is 4.90 Å². The Morgan fingerprint density at radius 1 is 1.20 bits per heavy atom. The number of thioether (sulfide) groups is 1. The summed E-state index contributed by atoms with van der Waals surface area (Å²) >= 11 is 7.87. The number of nitrogens with zero attached hydrogens (tertiary/aromatic N) is 2. The highest BCUT2D eigenvalue weighted by Gasteiger charge is 2.28. The van der Waals surface area contributed by atoms with Crippen molar-refractivity contribution in [1.29, 1.82) is 0 Å². The molecule has 0 N–H and O–H groups in total. The lowest BCUT2D eigenvalue weighted by atomic mass is 10.3. The number of hydrogen-bond donors (Lipinski definition) is 0. The third-order valence-electron chi connectivity index (χ3n) is 3.28. The van der Waals surface area contributed by atoms with Crippen molar-refractivity contribution in [3.05, 3.63) is 40.8 Å². The van der Waals surface area contributed by atoms with E-state index in [0.29, 0.717) is 17.0 Å². The Morgan fingerprint density at radius 3 is 2.50 bits per heavy atom. The second kappa shape index (κ2) is 5.62. The monoisotopic (exact) mass is 306 g/mol. The third-order valence-corrected chi connectivity index (χ3v) is 4.39. The van der Waals surface area contributed by atoms with Crippen LogP contribution in [0.4, 0.5) is 0 Å². The zero-order valence-electron chi connectivity index (χ0n) is 11.4. The van der Waals surface area contributed by atoms with Crippen molar-refractivity contribution < 1.29 is 4.74 Å². The smallest absolute Gasteiger partial charge is 0.226 e. The maximum atomic E-state index is 6.17. The van der Waals surface area contributed by atoms with Crippen molar-refractivity contribution in [2.75, 3.05) is 6.26 Å². The SMILES string of the molecule is CSc1ccc(Oc2nc(C3CC3)nc(Cl)c2C)cc1. The average Bonchev–Trinajstić information content (AvgIpc) is 3.29. The van der Waals surface area contributed by atoms with Crippen molar-refractivity contribution in [2.45, 2.75) is 30.6 Å². The number of rotatable bonds is 4. The maximum absolute atomic E-state index is 6.17. The molecule has 1 aliphatic carbocycles. The molecule has 1 aromatic heterocycles. The van der Waals surface area contributed by atoms with Crippen molar-refractivity contribution in [2.24, 2.45) is 0 Å². The molecule has 0 atom stereocenters. The fourth-order valence-corrected chi connectivity index (χ4v) is 2.44. The predicted octanol–water partition coefficient (Wildman–Crippen LogP) is 4.83. The van der Waals surface area contributed by atoms with Crippen LogP contribution in [0.25, 0.3) is 0 Å². The van der Waals surface area contributed by atoms with E-state index in [0.717, 1.165) is 30.0 Å². The van der Waals surface area contributed by atoms with Crippen LogP contribution in [-0.2, 0) is 0 Å². The van der Waals surface area contributed by atoms with Gasteiger partial charge in [-0.15, -0.1) is 11.8 Å². The van der Waals surface area contributed by atoms with Gasteiger partial charge < -0.3 is 4.74 Å². The predicted molar refractivity (Wildman–Crippen MR) is 82.1 cm³/mol. The molecule has 5 heteroatoms. The summed E-state index contributed by atoms with van der Waals surface area (Å²) < 4.78 is 5.86. The van der Waals surface area contributed by atoms with E-state index >= 15 is 0 Å². The number of halogens is 1. The molecule has 1 fully saturated rings. The lowest BCUT2D eigenvalue weighted by molar-refractivity contribution is 0.454. The summed E-state index contributed by atoms with van der Waals surface area (Å²) in [7, 11) is 0. The zero-order chi connectivity index (χ0) is 14.1. The minimum atomic E-state index is 0.453. The summed E-state index contributed by atoms with van der Waals surface area (Å²) in [6, 6.07) is 7.94. The molecule has 20 heavy (non-hydrogen) atoms. The largest absolute Gasteiger partial charge is 0.439 e. The molecule has 0 spiro atoms. The van der Waals surface area contributed by atoms with Gasteiger partial charge in [-0.2, -0.15) is 4.98 Å². The van der Waals surface area contributed by atoms with E-state index in [1.807, 2.05) is 37.4 Å². The Kier molecular flexibility index (Phi) is 3.85. The topological polar surface area (TPSA) is 35.0 Å². The van der Waals surface area contributed by atoms with Crippen LogP contribution in [0.2, 0.25) is 5.15 Å².